The fraction of sp³-hybridized carbons (Fsp3) is 0.333. The Hall–Kier alpha value is -3.48. The molecule has 164 valence electrons. The Morgan fingerprint density at radius 2 is 1.87 bits per heavy atom. The summed E-state index contributed by atoms with van der Waals surface area (Å²) in [5.41, 5.74) is 8.95. The number of ether oxygens (including phenoxy) is 2. The first-order valence-electron chi connectivity index (χ1n) is 10.4. The van der Waals surface area contributed by atoms with Crippen LogP contribution in [0.3, 0.4) is 0 Å². The summed E-state index contributed by atoms with van der Waals surface area (Å²) in [7, 11) is 0. The van der Waals surface area contributed by atoms with Gasteiger partial charge in [0.1, 0.15) is 18.0 Å². The van der Waals surface area contributed by atoms with E-state index in [1.54, 1.807) is 6.20 Å². The lowest BCUT2D eigenvalue weighted by Gasteiger charge is -2.19. The molecule has 0 saturated heterocycles. The second kappa shape index (κ2) is 10.0. The molecule has 0 unspecified atom stereocenters. The van der Waals surface area contributed by atoms with E-state index in [0.29, 0.717) is 25.4 Å². The minimum absolute atomic E-state index is 0.413. The van der Waals surface area contributed by atoms with Crippen LogP contribution in [0, 0.1) is 0 Å². The third kappa shape index (κ3) is 6.77. The quantitative estimate of drug-likeness (QED) is 0.454. The highest BCUT2D eigenvalue weighted by Crippen LogP contribution is 2.30. The first-order valence-corrected chi connectivity index (χ1v) is 10.4. The lowest BCUT2D eigenvalue weighted by atomic mass is 10.1. The van der Waals surface area contributed by atoms with Gasteiger partial charge in [-0.2, -0.15) is 0 Å². The number of rotatable bonds is 8. The Morgan fingerprint density at radius 3 is 2.61 bits per heavy atom. The smallest absolute Gasteiger partial charge is 0.407 e. The molecule has 7 heteroatoms. The van der Waals surface area contributed by atoms with E-state index in [-0.39, 0.29) is 0 Å². The first kappa shape index (κ1) is 22.2. The van der Waals surface area contributed by atoms with Crippen LogP contribution < -0.4 is 21.1 Å². The van der Waals surface area contributed by atoms with Gasteiger partial charge < -0.3 is 25.8 Å². The maximum absolute atomic E-state index is 11.7. The van der Waals surface area contributed by atoms with E-state index in [1.807, 2.05) is 69.3 Å². The van der Waals surface area contributed by atoms with Crippen LogP contribution in [0.4, 0.5) is 16.2 Å². The number of nitrogens with one attached hydrogen (secondary N) is 2. The highest BCUT2D eigenvalue weighted by Gasteiger charge is 2.15. The molecule has 2 aromatic carbocycles. The summed E-state index contributed by atoms with van der Waals surface area (Å²) in [6.07, 6.45) is 1.95. The minimum Gasteiger partial charge on any atom is -0.489 e. The van der Waals surface area contributed by atoms with Crippen molar-refractivity contribution in [2.75, 3.05) is 24.1 Å². The molecule has 0 bridgehead atoms. The standard InChI is InChI=1S/C24H30N4O3/c1-24(2,3)31-23(29)27-13-7-12-26-22-19-11-10-18(14-21(19)28-15-20(22)25)30-16-17-8-5-4-6-9-17/h4-6,8-11,14-15H,7,12-13,16,25H2,1-3H3,(H,26,28)(H,27,29). The number of benzene rings is 2. The number of pyridine rings is 1. The summed E-state index contributed by atoms with van der Waals surface area (Å²) < 4.78 is 11.1. The molecule has 0 saturated carbocycles. The lowest BCUT2D eigenvalue weighted by Crippen LogP contribution is -2.33. The van der Waals surface area contributed by atoms with Crippen LogP contribution in [-0.4, -0.2) is 29.8 Å². The Kier molecular flexibility index (Phi) is 7.18. The Labute approximate surface area is 183 Å². The molecule has 0 radical (unpaired) electrons. The zero-order valence-electron chi connectivity index (χ0n) is 18.3. The third-order valence-electron chi connectivity index (χ3n) is 4.44. The van der Waals surface area contributed by atoms with E-state index in [2.05, 4.69) is 15.6 Å². The first-order chi connectivity index (χ1) is 14.8. The summed E-state index contributed by atoms with van der Waals surface area (Å²) in [6, 6.07) is 15.8. The monoisotopic (exact) mass is 422 g/mol. The Bertz CT molecular complexity index is 1020. The second-order valence-corrected chi connectivity index (χ2v) is 8.25. The van der Waals surface area contributed by atoms with Gasteiger partial charge in [-0.3, -0.25) is 4.98 Å². The number of carbonyl (C=O) groups is 1. The number of hydrogen-bond donors (Lipinski definition) is 3. The number of hydrogen-bond acceptors (Lipinski definition) is 6. The molecule has 7 nitrogen and oxygen atoms in total. The van der Waals surface area contributed by atoms with E-state index in [9.17, 15) is 4.79 Å². The molecular weight excluding hydrogens is 392 g/mol. The summed E-state index contributed by atoms with van der Waals surface area (Å²) in [4.78, 5) is 16.1. The van der Waals surface area contributed by atoms with Crippen LogP contribution in [-0.2, 0) is 11.3 Å². The molecule has 0 spiro atoms. The molecule has 3 aromatic rings. The van der Waals surface area contributed by atoms with Gasteiger partial charge in [-0.15, -0.1) is 0 Å². The van der Waals surface area contributed by atoms with E-state index in [4.69, 9.17) is 15.2 Å². The topological polar surface area (TPSA) is 98.5 Å². The van der Waals surface area contributed by atoms with Gasteiger partial charge in [0, 0.05) is 24.5 Å². The van der Waals surface area contributed by atoms with Gasteiger partial charge in [0.15, 0.2) is 0 Å². The maximum Gasteiger partial charge on any atom is 0.407 e. The molecule has 1 heterocycles. The van der Waals surface area contributed by atoms with Crippen molar-refractivity contribution in [3.05, 3.63) is 60.3 Å². The number of alkyl carbamates (subject to hydrolysis) is 1. The van der Waals surface area contributed by atoms with Crippen LogP contribution in [0.15, 0.2) is 54.7 Å². The number of carbonyl (C=O) groups excluding carboxylic acids is 1. The predicted molar refractivity (Wildman–Crippen MR) is 124 cm³/mol. The average Bonchev–Trinajstić information content (AvgIpc) is 2.73. The van der Waals surface area contributed by atoms with Crippen molar-refractivity contribution >= 4 is 28.4 Å². The van der Waals surface area contributed by atoms with Gasteiger partial charge in [-0.25, -0.2) is 4.79 Å². The van der Waals surface area contributed by atoms with Gasteiger partial charge in [0.2, 0.25) is 0 Å². The Morgan fingerprint density at radius 1 is 1.10 bits per heavy atom. The molecule has 0 aliphatic heterocycles. The van der Waals surface area contributed by atoms with Gasteiger partial charge in [-0.05, 0) is 44.9 Å². The highest BCUT2D eigenvalue weighted by molar-refractivity contribution is 5.97. The average molecular weight is 423 g/mol. The number of amides is 1. The second-order valence-electron chi connectivity index (χ2n) is 8.25. The van der Waals surface area contributed by atoms with Crippen molar-refractivity contribution in [1.29, 1.82) is 0 Å². The third-order valence-corrected chi connectivity index (χ3v) is 4.44. The van der Waals surface area contributed by atoms with Crippen LogP contribution >= 0.6 is 0 Å². The van der Waals surface area contributed by atoms with E-state index in [0.717, 1.165) is 34.3 Å². The lowest BCUT2D eigenvalue weighted by molar-refractivity contribution is 0.0528. The van der Waals surface area contributed by atoms with Crippen molar-refractivity contribution in [3.8, 4) is 5.75 Å². The van der Waals surface area contributed by atoms with Crippen LogP contribution in [0.2, 0.25) is 0 Å². The van der Waals surface area contributed by atoms with Crippen LogP contribution in [0.25, 0.3) is 10.9 Å². The molecule has 0 atom stereocenters. The predicted octanol–water partition coefficient (Wildman–Crippen LogP) is 4.72. The van der Waals surface area contributed by atoms with Crippen molar-refractivity contribution in [3.63, 3.8) is 0 Å². The SMILES string of the molecule is CC(C)(C)OC(=O)NCCCNc1c(N)cnc2cc(OCc3ccccc3)ccc12. The normalized spacial score (nSPS) is 11.2. The molecule has 1 aromatic heterocycles. The van der Waals surface area contributed by atoms with Crippen molar-refractivity contribution in [2.24, 2.45) is 0 Å². The number of fused-ring (bicyclic) bond motifs is 1. The van der Waals surface area contributed by atoms with E-state index in [1.165, 1.54) is 0 Å². The summed E-state index contributed by atoms with van der Waals surface area (Å²) in [6.45, 7) is 7.15. The fourth-order valence-electron chi connectivity index (χ4n) is 3.02. The zero-order chi connectivity index (χ0) is 22.3. The fourth-order valence-corrected chi connectivity index (χ4v) is 3.02. The van der Waals surface area contributed by atoms with Gasteiger partial charge in [-0.1, -0.05) is 30.3 Å². The zero-order valence-corrected chi connectivity index (χ0v) is 18.3. The molecule has 0 aliphatic carbocycles. The minimum atomic E-state index is -0.504. The number of nitrogens with zero attached hydrogens (tertiary/aromatic N) is 1. The van der Waals surface area contributed by atoms with Crippen molar-refractivity contribution in [2.45, 2.75) is 39.4 Å². The Balaban J connectivity index is 1.56. The highest BCUT2D eigenvalue weighted by atomic mass is 16.6. The van der Waals surface area contributed by atoms with Crippen molar-refractivity contribution < 1.29 is 14.3 Å². The van der Waals surface area contributed by atoms with Gasteiger partial charge in [0.05, 0.1) is 23.1 Å². The number of nitrogen functional groups attached to an aromatic ring is 1. The summed E-state index contributed by atoms with van der Waals surface area (Å²) in [5, 5.41) is 7.03. The van der Waals surface area contributed by atoms with Gasteiger partial charge >= 0.3 is 6.09 Å². The van der Waals surface area contributed by atoms with Crippen LogP contribution in [0.5, 0.6) is 5.75 Å². The number of nitrogens with two attached hydrogens (primary N) is 1. The number of anilines is 2. The summed E-state index contributed by atoms with van der Waals surface area (Å²) in [5.74, 6) is 0.751. The van der Waals surface area contributed by atoms with Crippen LogP contribution in [0.1, 0.15) is 32.8 Å². The summed E-state index contributed by atoms with van der Waals surface area (Å²) >= 11 is 0. The molecule has 0 aliphatic rings. The molecular formula is C24H30N4O3. The van der Waals surface area contributed by atoms with E-state index >= 15 is 0 Å². The molecule has 1 amide bonds. The maximum atomic E-state index is 11.7. The van der Waals surface area contributed by atoms with Gasteiger partial charge in [0.25, 0.3) is 0 Å². The number of aromatic nitrogens is 1. The molecule has 31 heavy (non-hydrogen) atoms. The molecule has 3 rings (SSSR count). The van der Waals surface area contributed by atoms with E-state index < -0.39 is 11.7 Å². The molecule has 4 N–H and O–H groups in total. The largest absolute Gasteiger partial charge is 0.489 e. The molecule has 0 fully saturated rings. The van der Waals surface area contributed by atoms with Crippen molar-refractivity contribution in [1.82, 2.24) is 10.3 Å².